The molecule has 108 valence electrons. The number of carbonyl (C=O) groups excluding carboxylic acids is 1. The lowest BCUT2D eigenvalue weighted by Crippen LogP contribution is -2.29. The molecule has 0 fully saturated rings. The van der Waals surface area contributed by atoms with Crippen LogP contribution in [-0.2, 0) is 13.1 Å². The molecular formula is C16H15NO2S2. The maximum atomic E-state index is 12.7. The van der Waals surface area contributed by atoms with Crippen LogP contribution in [0.4, 0.5) is 0 Å². The first-order valence-corrected chi connectivity index (χ1v) is 8.38. The number of amides is 1. The van der Waals surface area contributed by atoms with Gasteiger partial charge in [0.1, 0.15) is 0 Å². The zero-order chi connectivity index (χ0) is 14.7. The molecule has 0 bridgehead atoms. The highest BCUT2D eigenvalue weighted by Crippen LogP contribution is 2.21. The van der Waals surface area contributed by atoms with Crippen LogP contribution in [0.3, 0.4) is 0 Å². The Hall–Kier alpha value is -1.85. The van der Waals surface area contributed by atoms with Gasteiger partial charge in [0.2, 0.25) is 0 Å². The smallest absolute Gasteiger partial charge is 0.290 e. The maximum absolute atomic E-state index is 12.7. The Bertz CT molecular complexity index is 662. The van der Waals surface area contributed by atoms with Crippen LogP contribution in [0.15, 0.2) is 51.8 Å². The predicted molar refractivity (Wildman–Crippen MR) is 85.7 cm³/mol. The van der Waals surface area contributed by atoms with Crippen molar-refractivity contribution >= 4 is 28.6 Å². The van der Waals surface area contributed by atoms with Gasteiger partial charge in [-0.05, 0) is 35.9 Å². The van der Waals surface area contributed by atoms with Crippen LogP contribution in [0.5, 0.6) is 0 Å². The summed E-state index contributed by atoms with van der Waals surface area (Å²) >= 11 is 3.32. The lowest BCUT2D eigenvalue weighted by Gasteiger charge is -2.20. The standard InChI is InChI=1S/C16H15NO2S2/c1-12-6-7-19-15(12)16(18)17(10-13-4-2-8-20-13)11-14-5-3-9-21-14/h2-9H,10-11H2,1H3. The van der Waals surface area contributed by atoms with Gasteiger partial charge in [-0.15, -0.1) is 22.7 Å². The van der Waals surface area contributed by atoms with Crippen molar-refractivity contribution < 1.29 is 9.21 Å². The van der Waals surface area contributed by atoms with E-state index in [1.165, 1.54) is 9.75 Å². The number of thiophene rings is 2. The lowest BCUT2D eigenvalue weighted by molar-refractivity contribution is 0.0700. The van der Waals surface area contributed by atoms with Crippen molar-refractivity contribution in [3.63, 3.8) is 0 Å². The van der Waals surface area contributed by atoms with E-state index in [0.717, 1.165) is 5.56 Å². The largest absolute Gasteiger partial charge is 0.459 e. The molecule has 3 rings (SSSR count). The molecule has 0 saturated carbocycles. The molecule has 0 aliphatic carbocycles. The number of rotatable bonds is 5. The maximum Gasteiger partial charge on any atom is 0.290 e. The summed E-state index contributed by atoms with van der Waals surface area (Å²) in [6, 6.07) is 9.93. The third kappa shape index (κ3) is 3.25. The molecular weight excluding hydrogens is 302 g/mol. The molecule has 0 atom stereocenters. The lowest BCUT2D eigenvalue weighted by atomic mass is 10.2. The molecule has 3 aromatic heterocycles. The molecule has 0 unspecified atom stereocenters. The Kier molecular flexibility index (Phi) is 4.22. The molecule has 0 aliphatic heterocycles. The minimum Gasteiger partial charge on any atom is -0.459 e. The van der Waals surface area contributed by atoms with Gasteiger partial charge in [-0.25, -0.2) is 0 Å². The van der Waals surface area contributed by atoms with E-state index in [-0.39, 0.29) is 5.91 Å². The van der Waals surface area contributed by atoms with E-state index < -0.39 is 0 Å². The predicted octanol–water partition coefficient (Wildman–Crippen LogP) is 4.55. The summed E-state index contributed by atoms with van der Waals surface area (Å²) in [7, 11) is 0. The molecule has 5 heteroatoms. The molecule has 0 spiro atoms. The van der Waals surface area contributed by atoms with Crippen molar-refractivity contribution in [1.82, 2.24) is 4.90 Å². The fraction of sp³-hybridized carbons (Fsp3) is 0.188. The Balaban J connectivity index is 1.84. The summed E-state index contributed by atoms with van der Waals surface area (Å²) in [5, 5.41) is 4.06. The van der Waals surface area contributed by atoms with Gasteiger partial charge < -0.3 is 9.32 Å². The first-order valence-electron chi connectivity index (χ1n) is 6.62. The van der Waals surface area contributed by atoms with Crippen molar-refractivity contribution in [1.29, 1.82) is 0 Å². The second-order valence-corrected chi connectivity index (χ2v) is 6.82. The second kappa shape index (κ2) is 6.28. The first-order chi connectivity index (χ1) is 10.2. The van der Waals surface area contributed by atoms with Gasteiger partial charge in [-0.1, -0.05) is 12.1 Å². The fourth-order valence-corrected chi connectivity index (χ4v) is 3.56. The third-order valence-electron chi connectivity index (χ3n) is 3.20. The Morgan fingerprint density at radius 1 is 1.10 bits per heavy atom. The summed E-state index contributed by atoms with van der Waals surface area (Å²) in [6.07, 6.45) is 1.57. The van der Waals surface area contributed by atoms with Crippen LogP contribution < -0.4 is 0 Å². The molecule has 0 radical (unpaired) electrons. The first kappa shape index (κ1) is 14.1. The van der Waals surface area contributed by atoms with E-state index >= 15 is 0 Å². The highest BCUT2D eigenvalue weighted by Gasteiger charge is 2.21. The van der Waals surface area contributed by atoms with Gasteiger partial charge in [0.05, 0.1) is 19.4 Å². The van der Waals surface area contributed by atoms with Gasteiger partial charge in [-0.3, -0.25) is 4.79 Å². The van der Waals surface area contributed by atoms with Crippen molar-refractivity contribution in [2.24, 2.45) is 0 Å². The van der Waals surface area contributed by atoms with Crippen LogP contribution in [0.25, 0.3) is 0 Å². The molecule has 0 saturated heterocycles. The summed E-state index contributed by atoms with van der Waals surface area (Å²) in [5.74, 6) is 0.377. The topological polar surface area (TPSA) is 33.5 Å². The summed E-state index contributed by atoms with van der Waals surface area (Å²) in [4.78, 5) is 16.9. The highest BCUT2D eigenvalue weighted by molar-refractivity contribution is 7.10. The second-order valence-electron chi connectivity index (χ2n) is 4.75. The van der Waals surface area contributed by atoms with Crippen LogP contribution >= 0.6 is 22.7 Å². The van der Waals surface area contributed by atoms with Gasteiger partial charge in [0, 0.05) is 15.3 Å². The summed E-state index contributed by atoms with van der Waals surface area (Å²) < 4.78 is 5.36. The van der Waals surface area contributed by atoms with Crippen LogP contribution in [0.2, 0.25) is 0 Å². The van der Waals surface area contributed by atoms with E-state index in [9.17, 15) is 4.79 Å². The average molecular weight is 317 g/mol. The van der Waals surface area contributed by atoms with Gasteiger partial charge in [0.25, 0.3) is 5.91 Å². The van der Waals surface area contributed by atoms with Crippen LogP contribution in [0, 0.1) is 6.92 Å². The molecule has 3 heterocycles. The minimum absolute atomic E-state index is 0.0562. The minimum atomic E-state index is -0.0562. The summed E-state index contributed by atoms with van der Waals surface area (Å²) in [5.41, 5.74) is 0.877. The Morgan fingerprint density at radius 2 is 1.71 bits per heavy atom. The highest BCUT2D eigenvalue weighted by atomic mass is 32.1. The molecule has 0 N–H and O–H groups in total. The number of carbonyl (C=O) groups is 1. The van der Waals surface area contributed by atoms with E-state index in [1.807, 2.05) is 52.9 Å². The molecule has 3 nitrogen and oxygen atoms in total. The van der Waals surface area contributed by atoms with Crippen LogP contribution in [-0.4, -0.2) is 10.8 Å². The van der Waals surface area contributed by atoms with Gasteiger partial charge >= 0.3 is 0 Å². The normalized spacial score (nSPS) is 10.7. The number of nitrogens with zero attached hydrogens (tertiary/aromatic N) is 1. The SMILES string of the molecule is Cc1ccoc1C(=O)N(Cc1cccs1)Cc1cccs1. The zero-order valence-electron chi connectivity index (χ0n) is 11.6. The van der Waals surface area contributed by atoms with E-state index in [1.54, 1.807) is 28.9 Å². The quantitative estimate of drug-likeness (QED) is 0.691. The number of furan rings is 1. The molecule has 1 amide bonds. The number of aryl methyl sites for hydroxylation is 1. The van der Waals surface area contributed by atoms with Crippen molar-refractivity contribution in [2.45, 2.75) is 20.0 Å². The van der Waals surface area contributed by atoms with Gasteiger partial charge in [0.15, 0.2) is 5.76 Å². The van der Waals surface area contributed by atoms with Crippen molar-refractivity contribution in [3.8, 4) is 0 Å². The molecule has 21 heavy (non-hydrogen) atoms. The third-order valence-corrected chi connectivity index (χ3v) is 4.92. The molecule has 0 aliphatic rings. The van der Waals surface area contributed by atoms with E-state index in [2.05, 4.69) is 0 Å². The van der Waals surface area contributed by atoms with Crippen LogP contribution in [0.1, 0.15) is 25.9 Å². The van der Waals surface area contributed by atoms with E-state index in [0.29, 0.717) is 18.8 Å². The number of hydrogen-bond donors (Lipinski definition) is 0. The Morgan fingerprint density at radius 3 is 2.14 bits per heavy atom. The van der Waals surface area contributed by atoms with Crippen molar-refractivity contribution in [3.05, 3.63) is 68.4 Å². The molecule has 3 aromatic rings. The van der Waals surface area contributed by atoms with E-state index in [4.69, 9.17) is 4.42 Å². The monoisotopic (exact) mass is 317 g/mol. The van der Waals surface area contributed by atoms with Crippen molar-refractivity contribution in [2.75, 3.05) is 0 Å². The fourth-order valence-electron chi connectivity index (χ4n) is 2.12. The number of hydrogen-bond acceptors (Lipinski definition) is 4. The zero-order valence-corrected chi connectivity index (χ0v) is 13.2. The Labute approximate surface area is 131 Å². The molecule has 0 aromatic carbocycles. The van der Waals surface area contributed by atoms with Gasteiger partial charge in [-0.2, -0.15) is 0 Å². The average Bonchev–Trinajstić information content (AvgIpc) is 3.19. The summed E-state index contributed by atoms with van der Waals surface area (Å²) in [6.45, 7) is 3.11.